The van der Waals surface area contributed by atoms with E-state index in [2.05, 4.69) is 0 Å². The summed E-state index contributed by atoms with van der Waals surface area (Å²) in [4.78, 5) is 0. The maximum atomic E-state index is 10.2. The fourth-order valence-corrected chi connectivity index (χ4v) is 2.69. The molecule has 2 aliphatic rings. The number of aliphatic hydroxyl groups excluding tert-OH is 6. The van der Waals surface area contributed by atoms with Gasteiger partial charge in [0.05, 0.1) is 13.2 Å². The zero-order valence-corrected chi connectivity index (χ0v) is 12.6. The van der Waals surface area contributed by atoms with E-state index in [-0.39, 0.29) is 13.0 Å². The predicted molar refractivity (Wildman–Crippen MR) is 71.8 cm³/mol. The van der Waals surface area contributed by atoms with Gasteiger partial charge < -0.3 is 50.0 Å². The van der Waals surface area contributed by atoms with E-state index in [1.54, 1.807) is 6.92 Å². The van der Waals surface area contributed by atoms with Gasteiger partial charge in [0.25, 0.3) is 0 Å². The van der Waals surface area contributed by atoms with Crippen LogP contribution >= 0.6 is 0 Å². The zero-order valence-electron chi connectivity index (χ0n) is 12.6. The van der Waals surface area contributed by atoms with E-state index in [0.29, 0.717) is 0 Å². The molecule has 2 heterocycles. The first-order valence-corrected chi connectivity index (χ1v) is 7.43. The number of ether oxygens (including phenoxy) is 3. The molecule has 0 spiro atoms. The Labute approximate surface area is 132 Å². The van der Waals surface area contributed by atoms with Crippen molar-refractivity contribution in [3.05, 3.63) is 0 Å². The minimum Gasteiger partial charge on any atom is -0.394 e. The van der Waals surface area contributed by atoms with Crippen LogP contribution in [0.25, 0.3) is 0 Å². The van der Waals surface area contributed by atoms with Gasteiger partial charge in [-0.3, -0.25) is 0 Å². The van der Waals surface area contributed by atoms with E-state index in [1.165, 1.54) is 0 Å². The molecule has 2 rings (SSSR count). The number of hydrogen-bond acceptors (Lipinski definition) is 10. The van der Waals surface area contributed by atoms with Crippen molar-refractivity contribution in [1.29, 1.82) is 0 Å². The van der Waals surface area contributed by atoms with Crippen molar-refractivity contribution < 1.29 is 50.0 Å². The van der Waals surface area contributed by atoms with E-state index >= 15 is 0 Å². The highest BCUT2D eigenvalue weighted by atomic mass is 16.7. The Hall–Kier alpha value is -0.400. The van der Waals surface area contributed by atoms with Crippen LogP contribution in [0.3, 0.4) is 0 Å². The molecule has 10 heteroatoms. The smallest absolute Gasteiger partial charge is 0.194 e. The summed E-state index contributed by atoms with van der Waals surface area (Å²) in [6.45, 7) is 0.609. The summed E-state index contributed by atoms with van der Waals surface area (Å²) in [5, 5.41) is 68.6. The van der Waals surface area contributed by atoms with Gasteiger partial charge in [0, 0.05) is 6.42 Å². The van der Waals surface area contributed by atoms with Gasteiger partial charge in [0.1, 0.15) is 42.7 Å². The van der Waals surface area contributed by atoms with Crippen LogP contribution in [0.5, 0.6) is 0 Å². The lowest BCUT2D eigenvalue weighted by atomic mass is 9.94. The SMILES string of the molecule is CCC1(O)OC[C@@H](O)C(O[C@@H]2OC(CO)[C@H](O)[C@H](O)C2O)[C@H]1O. The third-order valence-electron chi connectivity index (χ3n) is 4.30. The van der Waals surface area contributed by atoms with E-state index in [4.69, 9.17) is 19.3 Å². The quantitative estimate of drug-likeness (QED) is 0.268. The summed E-state index contributed by atoms with van der Waals surface area (Å²) in [5.74, 6) is -1.93. The van der Waals surface area contributed by atoms with Gasteiger partial charge in [-0.1, -0.05) is 6.92 Å². The molecule has 7 N–H and O–H groups in total. The van der Waals surface area contributed by atoms with Crippen molar-refractivity contribution in [3.8, 4) is 0 Å². The highest BCUT2D eigenvalue weighted by Gasteiger charge is 2.52. The summed E-state index contributed by atoms with van der Waals surface area (Å²) in [7, 11) is 0. The molecule has 0 aromatic rings. The van der Waals surface area contributed by atoms with Gasteiger partial charge >= 0.3 is 0 Å². The minimum absolute atomic E-state index is 0.0232. The average Bonchev–Trinajstić information content (AvgIpc) is 2.55. The Bertz CT molecular complexity index is 393. The molecule has 4 unspecified atom stereocenters. The zero-order chi connectivity index (χ0) is 17.4. The normalized spacial score (nSPS) is 51.7. The van der Waals surface area contributed by atoms with Crippen LogP contribution in [-0.2, 0) is 14.2 Å². The molecule has 0 aromatic carbocycles. The van der Waals surface area contributed by atoms with Crippen molar-refractivity contribution in [2.24, 2.45) is 0 Å². The third-order valence-corrected chi connectivity index (χ3v) is 4.30. The van der Waals surface area contributed by atoms with E-state index < -0.39 is 61.4 Å². The van der Waals surface area contributed by atoms with Gasteiger partial charge in [-0.05, 0) is 0 Å². The van der Waals surface area contributed by atoms with Crippen molar-refractivity contribution in [2.75, 3.05) is 13.2 Å². The summed E-state index contributed by atoms with van der Waals surface area (Å²) in [6, 6.07) is 0. The fraction of sp³-hybridized carbons (Fsp3) is 1.00. The molecule has 2 aliphatic heterocycles. The number of rotatable bonds is 4. The molecular weight excluding hydrogens is 316 g/mol. The van der Waals surface area contributed by atoms with Crippen LogP contribution in [0.1, 0.15) is 13.3 Å². The van der Waals surface area contributed by atoms with Crippen molar-refractivity contribution in [2.45, 2.75) is 68.1 Å². The molecule has 0 amide bonds. The molecule has 0 bridgehead atoms. The second-order valence-electron chi connectivity index (χ2n) is 5.82. The summed E-state index contributed by atoms with van der Waals surface area (Å²) < 4.78 is 15.5. The first-order chi connectivity index (χ1) is 10.7. The Morgan fingerprint density at radius 3 is 2.30 bits per heavy atom. The Morgan fingerprint density at radius 1 is 1.09 bits per heavy atom. The Morgan fingerprint density at radius 2 is 1.74 bits per heavy atom. The van der Waals surface area contributed by atoms with Gasteiger partial charge in [-0.2, -0.15) is 0 Å². The van der Waals surface area contributed by atoms with Crippen molar-refractivity contribution in [3.63, 3.8) is 0 Å². The lowest BCUT2D eigenvalue weighted by Crippen LogP contribution is -2.65. The first kappa shape index (κ1) is 18.9. The maximum absolute atomic E-state index is 10.2. The highest BCUT2D eigenvalue weighted by Crippen LogP contribution is 2.31. The molecule has 10 nitrogen and oxygen atoms in total. The second kappa shape index (κ2) is 7.23. The number of hydrogen-bond donors (Lipinski definition) is 7. The van der Waals surface area contributed by atoms with Crippen LogP contribution in [0.4, 0.5) is 0 Å². The second-order valence-corrected chi connectivity index (χ2v) is 5.82. The van der Waals surface area contributed by atoms with Crippen LogP contribution in [0, 0.1) is 0 Å². The molecular formula is C13H24O10. The Kier molecular flexibility index (Phi) is 5.95. The third kappa shape index (κ3) is 3.51. The lowest BCUT2D eigenvalue weighted by Gasteiger charge is -2.46. The first-order valence-electron chi connectivity index (χ1n) is 7.43. The predicted octanol–water partition coefficient (Wildman–Crippen LogP) is -3.98. The average molecular weight is 340 g/mol. The largest absolute Gasteiger partial charge is 0.394 e. The van der Waals surface area contributed by atoms with E-state index in [1.807, 2.05) is 0 Å². The van der Waals surface area contributed by atoms with Crippen molar-refractivity contribution in [1.82, 2.24) is 0 Å². The van der Waals surface area contributed by atoms with E-state index in [9.17, 15) is 30.6 Å². The summed E-state index contributed by atoms with van der Waals surface area (Å²) >= 11 is 0. The standard InChI is InChI=1S/C13H24O10/c1-2-13(20)11(19)10(5(15)4-21-13)23-12-9(18)8(17)7(16)6(3-14)22-12/h5-12,14-20H,2-4H2,1H3/t5-,6?,7+,8+,9?,10?,11-,12+,13?/m1/s1. The molecule has 0 saturated carbocycles. The topological polar surface area (TPSA) is 169 Å². The van der Waals surface area contributed by atoms with Crippen LogP contribution in [0.2, 0.25) is 0 Å². The summed E-state index contributed by atoms with van der Waals surface area (Å²) in [5.41, 5.74) is 0. The van der Waals surface area contributed by atoms with Crippen LogP contribution in [-0.4, -0.2) is 104 Å². The van der Waals surface area contributed by atoms with E-state index in [0.717, 1.165) is 0 Å². The van der Waals surface area contributed by atoms with Crippen molar-refractivity contribution >= 4 is 0 Å². The molecule has 2 fully saturated rings. The summed E-state index contributed by atoms with van der Waals surface area (Å²) in [6.07, 6.45) is -11.9. The minimum atomic E-state index is -1.93. The molecule has 0 aliphatic carbocycles. The molecule has 136 valence electrons. The fourth-order valence-electron chi connectivity index (χ4n) is 2.69. The maximum Gasteiger partial charge on any atom is 0.194 e. The highest BCUT2D eigenvalue weighted by molar-refractivity contribution is 4.94. The van der Waals surface area contributed by atoms with Crippen LogP contribution in [0.15, 0.2) is 0 Å². The molecule has 9 atom stereocenters. The number of aliphatic hydroxyl groups is 7. The molecule has 23 heavy (non-hydrogen) atoms. The van der Waals surface area contributed by atoms with Gasteiger partial charge in [-0.15, -0.1) is 0 Å². The van der Waals surface area contributed by atoms with Crippen LogP contribution < -0.4 is 0 Å². The molecule has 0 radical (unpaired) electrons. The molecule has 0 aromatic heterocycles. The lowest BCUT2D eigenvalue weighted by molar-refractivity contribution is -0.369. The van der Waals surface area contributed by atoms with Gasteiger partial charge in [0.2, 0.25) is 0 Å². The molecule has 2 saturated heterocycles. The monoisotopic (exact) mass is 340 g/mol. The van der Waals surface area contributed by atoms with Gasteiger partial charge in [-0.25, -0.2) is 0 Å². The van der Waals surface area contributed by atoms with Gasteiger partial charge in [0.15, 0.2) is 12.1 Å². The Balaban J connectivity index is 2.12.